The van der Waals surface area contributed by atoms with Crippen LogP contribution in [-0.4, -0.2) is 42.5 Å². The lowest BCUT2D eigenvalue weighted by molar-refractivity contribution is -0.384. The molecule has 0 fully saturated rings. The number of carbonyl (C=O) groups excluding carboxylic acids is 3. The summed E-state index contributed by atoms with van der Waals surface area (Å²) in [5.41, 5.74) is -0.0801. The van der Waals surface area contributed by atoms with Gasteiger partial charge in [0.1, 0.15) is 10.9 Å². The summed E-state index contributed by atoms with van der Waals surface area (Å²) in [6, 6.07) is 4.91. The Morgan fingerprint density at radius 1 is 1.29 bits per heavy atom. The predicted octanol–water partition coefficient (Wildman–Crippen LogP) is 2.67. The summed E-state index contributed by atoms with van der Waals surface area (Å²) in [6.45, 7) is 3.11. The van der Waals surface area contributed by atoms with Crippen molar-refractivity contribution in [2.75, 3.05) is 13.7 Å². The molecule has 0 aliphatic heterocycles. The van der Waals surface area contributed by atoms with Crippen molar-refractivity contribution in [2.45, 2.75) is 26.3 Å². The molecule has 0 aliphatic rings. The third-order valence-corrected chi connectivity index (χ3v) is 5.33. The number of ether oxygens (including phenoxy) is 2. The maximum absolute atomic E-state index is 12.2. The van der Waals surface area contributed by atoms with E-state index in [-0.39, 0.29) is 16.5 Å². The van der Waals surface area contributed by atoms with E-state index in [4.69, 9.17) is 4.74 Å². The Hall–Kier alpha value is -3.01. The number of methoxy groups -OCH3 is 1. The molecule has 0 unspecified atom stereocenters. The van der Waals surface area contributed by atoms with Crippen molar-refractivity contribution >= 4 is 45.0 Å². The lowest BCUT2D eigenvalue weighted by Crippen LogP contribution is -2.47. The highest BCUT2D eigenvalue weighted by Gasteiger charge is 2.27. The van der Waals surface area contributed by atoms with Crippen LogP contribution >= 0.6 is 11.3 Å². The summed E-state index contributed by atoms with van der Waals surface area (Å²) in [7, 11) is 1.23. The Bertz CT molecular complexity index is 908. The van der Waals surface area contributed by atoms with Gasteiger partial charge in [-0.05, 0) is 18.1 Å². The van der Waals surface area contributed by atoms with Crippen LogP contribution in [0, 0.1) is 16.0 Å². The molecule has 2 rings (SSSR count). The van der Waals surface area contributed by atoms with Crippen LogP contribution in [0.4, 0.5) is 5.69 Å². The van der Waals surface area contributed by atoms with E-state index < -0.39 is 35.4 Å². The summed E-state index contributed by atoms with van der Waals surface area (Å²) in [6.07, 6.45) is 0.647. The molecule has 0 radical (unpaired) electrons. The number of hydrogen-bond donors (Lipinski definition) is 1. The first-order chi connectivity index (χ1) is 13.3. The molecule has 1 N–H and O–H groups in total. The molecular formula is C18H20N2O7S. The van der Waals surface area contributed by atoms with E-state index in [2.05, 4.69) is 10.1 Å². The molecule has 1 amide bonds. The SMILES string of the molecule is CC[C@@H](C)[C@@H](NC(=O)COC(=O)c1cc2cc([N+](=O)[O-])ccc2s1)C(=O)OC. The van der Waals surface area contributed by atoms with Crippen LogP contribution in [0.1, 0.15) is 29.9 Å². The van der Waals surface area contributed by atoms with Gasteiger partial charge in [0.15, 0.2) is 6.61 Å². The minimum atomic E-state index is -0.828. The van der Waals surface area contributed by atoms with Crippen LogP contribution in [-0.2, 0) is 19.1 Å². The Morgan fingerprint density at radius 3 is 2.61 bits per heavy atom. The number of non-ortho nitro benzene ring substituents is 1. The largest absolute Gasteiger partial charge is 0.467 e. The predicted molar refractivity (Wildman–Crippen MR) is 102 cm³/mol. The van der Waals surface area contributed by atoms with Crippen LogP contribution in [0.25, 0.3) is 10.1 Å². The van der Waals surface area contributed by atoms with E-state index in [1.54, 1.807) is 13.0 Å². The number of thiophene rings is 1. The monoisotopic (exact) mass is 408 g/mol. The minimum absolute atomic E-state index is 0.0801. The summed E-state index contributed by atoms with van der Waals surface area (Å²) >= 11 is 1.11. The molecule has 150 valence electrons. The normalized spacial score (nSPS) is 12.8. The zero-order chi connectivity index (χ0) is 20.8. The Balaban J connectivity index is 2.00. The second-order valence-corrected chi connectivity index (χ2v) is 7.20. The number of fused-ring (bicyclic) bond motifs is 1. The van der Waals surface area contributed by atoms with Gasteiger partial charge in [0.2, 0.25) is 0 Å². The molecule has 0 spiro atoms. The Labute approximate surface area is 164 Å². The topological polar surface area (TPSA) is 125 Å². The van der Waals surface area contributed by atoms with Crippen molar-refractivity contribution in [3.05, 3.63) is 39.3 Å². The Morgan fingerprint density at radius 2 is 2.00 bits per heavy atom. The molecule has 28 heavy (non-hydrogen) atoms. The maximum Gasteiger partial charge on any atom is 0.348 e. The molecular weight excluding hydrogens is 388 g/mol. The molecule has 0 saturated carbocycles. The molecule has 2 atom stereocenters. The van der Waals surface area contributed by atoms with Crippen LogP contribution < -0.4 is 5.32 Å². The third-order valence-electron chi connectivity index (χ3n) is 4.23. The van der Waals surface area contributed by atoms with E-state index >= 15 is 0 Å². The molecule has 1 heterocycles. The first-order valence-electron chi connectivity index (χ1n) is 8.49. The summed E-state index contributed by atoms with van der Waals surface area (Å²) in [5, 5.41) is 13.9. The van der Waals surface area contributed by atoms with Crippen LogP contribution in [0.5, 0.6) is 0 Å². The van der Waals surface area contributed by atoms with Crippen molar-refractivity contribution in [3.8, 4) is 0 Å². The number of nitrogens with zero attached hydrogens (tertiary/aromatic N) is 1. The second kappa shape index (κ2) is 9.27. The van der Waals surface area contributed by atoms with Crippen LogP contribution in [0.3, 0.4) is 0 Å². The molecule has 1 aromatic carbocycles. The van der Waals surface area contributed by atoms with Gasteiger partial charge in [0.05, 0.1) is 12.0 Å². The smallest absolute Gasteiger partial charge is 0.348 e. The van der Waals surface area contributed by atoms with Crippen LogP contribution in [0.2, 0.25) is 0 Å². The standard InChI is InChI=1S/C18H20N2O7S/c1-4-10(2)16(18(23)26-3)19-15(21)9-27-17(22)14-8-11-7-12(20(24)25)5-6-13(11)28-14/h5-8,10,16H,4,9H2,1-3H3,(H,19,21)/t10-,16-/m1/s1. The maximum atomic E-state index is 12.2. The molecule has 9 nitrogen and oxygen atoms in total. The first-order valence-corrected chi connectivity index (χ1v) is 9.30. The fourth-order valence-electron chi connectivity index (χ4n) is 2.46. The molecule has 2 aromatic rings. The van der Waals surface area contributed by atoms with Gasteiger partial charge in [0.25, 0.3) is 11.6 Å². The van der Waals surface area contributed by atoms with Gasteiger partial charge in [-0.1, -0.05) is 20.3 Å². The molecule has 0 bridgehead atoms. The zero-order valence-corrected chi connectivity index (χ0v) is 16.4. The van der Waals surface area contributed by atoms with Gasteiger partial charge >= 0.3 is 11.9 Å². The van der Waals surface area contributed by atoms with Crippen molar-refractivity contribution in [3.63, 3.8) is 0 Å². The molecule has 1 aromatic heterocycles. The average Bonchev–Trinajstić information content (AvgIpc) is 3.12. The van der Waals surface area contributed by atoms with Crippen molar-refractivity contribution in [2.24, 2.45) is 5.92 Å². The fourth-order valence-corrected chi connectivity index (χ4v) is 3.40. The average molecular weight is 408 g/mol. The number of rotatable bonds is 8. The highest BCUT2D eigenvalue weighted by molar-refractivity contribution is 7.20. The highest BCUT2D eigenvalue weighted by Crippen LogP contribution is 2.29. The highest BCUT2D eigenvalue weighted by atomic mass is 32.1. The number of nitro benzene ring substituents is 1. The third kappa shape index (κ3) is 5.03. The molecule has 0 aliphatic carbocycles. The number of carbonyl (C=O) groups is 3. The van der Waals surface area contributed by atoms with Gasteiger partial charge in [-0.15, -0.1) is 11.3 Å². The zero-order valence-electron chi connectivity index (χ0n) is 15.6. The lowest BCUT2D eigenvalue weighted by atomic mass is 9.99. The fraction of sp³-hybridized carbons (Fsp3) is 0.389. The summed E-state index contributed by atoms with van der Waals surface area (Å²) in [5.74, 6) is -2.07. The number of hydrogen-bond acceptors (Lipinski definition) is 8. The number of nitro groups is 1. The van der Waals surface area contributed by atoms with E-state index in [0.717, 1.165) is 11.3 Å². The van der Waals surface area contributed by atoms with Gasteiger partial charge < -0.3 is 14.8 Å². The number of benzene rings is 1. The van der Waals surface area contributed by atoms with Gasteiger partial charge in [0, 0.05) is 22.2 Å². The minimum Gasteiger partial charge on any atom is -0.467 e. The van der Waals surface area contributed by atoms with E-state index in [0.29, 0.717) is 16.5 Å². The second-order valence-electron chi connectivity index (χ2n) is 6.12. The van der Waals surface area contributed by atoms with Crippen molar-refractivity contribution < 1.29 is 28.8 Å². The lowest BCUT2D eigenvalue weighted by Gasteiger charge is -2.21. The molecule has 0 saturated heterocycles. The number of nitrogens with one attached hydrogen (secondary N) is 1. The van der Waals surface area contributed by atoms with E-state index in [9.17, 15) is 24.5 Å². The summed E-state index contributed by atoms with van der Waals surface area (Å²) < 4.78 is 10.4. The van der Waals surface area contributed by atoms with E-state index in [1.165, 1.54) is 25.3 Å². The number of esters is 2. The van der Waals surface area contributed by atoms with Crippen molar-refractivity contribution in [1.29, 1.82) is 0 Å². The first kappa shape index (κ1) is 21.3. The molecule has 10 heteroatoms. The quantitative estimate of drug-likeness (QED) is 0.404. The number of amides is 1. The van der Waals surface area contributed by atoms with Gasteiger partial charge in [-0.25, -0.2) is 9.59 Å². The van der Waals surface area contributed by atoms with Gasteiger partial charge in [-0.2, -0.15) is 0 Å². The van der Waals surface area contributed by atoms with Crippen molar-refractivity contribution in [1.82, 2.24) is 5.32 Å². The Kier molecular flexibility index (Phi) is 7.05. The van der Waals surface area contributed by atoms with E-state index in [1.807, 2.05) is 6.92 Å². The summed E-state index contributed by atoms with van der Waals surface area (Å²) in [4.78, 5) is 46.6. The van der Waals surface area contributed by atoms with Gasteiger partial charge in [-0.3, -0.25) is 14.9 Å². The van der Waals surface area contributed by atoms with Crippen LogP contribution in [0.15, 0.2) is 24.3 Å².